The smallest absolute Gasteiger partial charge is 0.341 e. The van der Waals surface area contributed by atoms with Crippen molar-refractivity contribution in [1.82, 2.24) is 10.2 Å². The van der Waals surface area contributed by atoms with Gasteiger partial charge in [0.2, 0.25) is 5.91 Å². The maximum Gasteiger partial charge on any atom is 0.341 e. The van der Waals surface area contributed by atoms with E-state index in [0.29, 0.717) is 30.1 Å². The Kier molecular flexibility index (Phi) is 8.79. The molecule has 0 saturated carbocycles. The number of amides is 2. The van der Waals surface area contributed by atoms with Crippen LogP contribution in [0, 0.1) is 12.8 Å². The average Bonchev–Trinajstić information content (AvgIpc) is 3.03. The third kappa shape index (κ3) is 5.79. The molecule has 1 atom stereocenters. The minimum atomic E-state index is -0.586. The molecule has 1 aliphatic rings. The molecule has 30 heavy (non-hydrogen) atoms. The first-order chi connectivity index (χ1) is 14.3. The Hall–Kier alpha value is -2.46. The minimum absolute atomic E-state index is 0.0738. The zero-order valence-electron chi connectivity index (χ0n) is 17.8. The fourth-order valence-electron chi connectivity index (χ4n) is 3.40. The summed E-state index contributed by atoms with van der Waals surface area (Å²) in [5, 5.41) is 5.57. The second kappa shape index (κ2) is 11.1. The number of hydrogen-bond donors (Lipinski definition) is 2. The topological polar surface area (TPSA) is 114 Å². The minimum Gasteiger partial charge on any atom is -0.466 e. The molecule has 2 amide bonds. The lowest BCUT2D eigenvalue weighted by Crippen LogP contribution is -2.43. The van der Waals surface area contributed by atoms with Crippen LogP contribution in [0.25, 0.3) is 0 Å². The van der Waals surface area contributed by atoms with Crippen molar-refractivity contribution in [3.05, 3.63) is 16.0 Å². The SMILES string of the molecule is CCOC(=O)c1c(NC(=O)CN2CCCC(C(=O)OCC)C2)sc(C(=O)NC)c1C. The van der Waals surface area contributed by atoms with Gasteiger partial charge in [0.1, 0.15) is 5.00 Å². The predicted molar refractivity (Wildman–Crippen MR) is 113 cm³/mol. The second-order valence-corrected chi connectivity index (χ2v) is 7.96. The Morgan fingerprint density at radius 3 is 2.50 bits per heavy atom. The number of rotatable bonds is 8. The molecule has 1 unspecified atom stereocenters. The summed E-state index contributed by atoms with van der Waals surface area (Å²) in [4.78, 5) is 51.4. The Balaban J connectivity index is 2.12. The largest absolute Gasteiger partial charge is 0.466 e. The summed E-state index contributed by atoms with van der Waals surface area (Å²) in [6.07, 6.45) is 1.54. The Morgan fingerprint density at radius 1 is 1.17 bits per heavy atom. The number of nitrogens with zero attached hydrogens (tertiary/aromatic N) is 1. The molecule has 0 spiro atoms. The van der Waals surface area contributed by atoms with Gasteiger partial charge in [-0.3, -0.25) is 19.3 Å². The van der Waals surface area contributed by atoms with E-state index >= 15 is 0 Å². The van der Waals surface area contributed by atoms with E-state index < -0.39 is 5.97 Å². The van der Waals surface area contributed by atoms with Gasteiger partial charge >= 0.3 is 11.9 Å². The van der Waals surface area contributed by atoms with Crippen molar-refractivity contribution >= 4 is 40.1 Å². The molecule has 2 N–H and O–H groups in total. The van der Waals surface area contributed by atoms with Gasteiger partial charge in [-0.15, -0.1) is 11.3 Å². The molecule has 0 radical (unpaired) electrons. The molecule has 1 saturated heterocycles. The molecule has 166 valence electrons. The lowest BCUT2D eigenvalue weighted by Gasteiger charge is -2.30. The third-order valence-corrected chi connectivity index (χ3v) is 6.01. The lowest BCUT2D eigenvalue weighted by atomic mass is 9.98. The third-order valence-electron chi connectivity index (χ3n) is 4.81. The zero-order chi connectivity index (χ0) is 22.3. The van der Waals surface area contributed by atoms with Crippen LogP contribution in [0.4, 0.5) is 5.00 Å². The number of ether oxygens (including phenoxy) is 2. The van der Waals surface area contributed by atoms with Gasteiger partial charge in [-0.25, -0.2) is 4.79 Å². The van der Waals surface area contributed by atoms with Gasteiger partial charge in [0, 0.05) is 13.6 Å². The highest BCUT2D eigenvalue weighted by Crippen LogP contribution is 2.34. The number of likely N-dealkylation sites (tertiary alicyclic amines) is 1. The molecule has 2 heterocycles. The predicted octanol–water partition coefficient (Wildman–Crippen LogP) is 1.81. The summed E-state index contributed by atoms with van der Waals surface area (Å²) in [5.74, 6) is -1.73. The molecule has 1 fully saturated rings. The molecular formula is C20H29N3O6S. The molecule has 2 rings (SSSR count). The van der Waals surface area contributed by atoms with E-state index in [4.69, 9.17) is 9.47 Å². The van der Waals surface area contributed by atoms with Crippen LogP contribution in [0.15, 0.2) is 0 Å². The van der Waals surface area contributed by atoms with Gasteiger partial charge in [-0.05, 0) is 45.7 Å². The molecule has 1 aromatic heterocycles. The summed E-state index contributed by atoms with van der Waals surface area (Å²) in [7, 11) is 1.50. The molecule has 9 nitrogen and oxygen atoms in total. The number of hydrogen-bond acceptors (Lipinski definition) is 8. The van der Waals surface area contributed by atoms with Crippen molar-refractivity contribution in [2.24, 2.45) is 5.92 Å². The highest BCUT2D eigenvalue weighted by molar-refractivity contribution is 7.18. The highest BCUT2D eigenvalue weighted by atomic mass is 32.1. The number of carbonyl (C=O) groups is 4. The summed E-state index contributed by atoms with van der Waals surface area (Å²) in [5.41, 5.74) is 0.658. The van der Waals surface area contributed by atoms with Crippen LogP contribution >= 0.6 is 11.3 Å². The number of esters is 2. The highest BCUT2D eigenvalue weighted by Gasteiger charge is 2.29. The van der Waals surface area contributed by atoms with E-state index in [9.17, 15) is 19.2 Å². The van der Waals surface area contributed by atoms with Crippen molar-refractivity contribution in [3.8, 4) is 0 Å². The number of anilines is 1. The normalized spacial score (nSPS) is 16.6. The summed E-state index contributed by atoms with van der Waals surface area (Å²) in [6, 6.07) is 0. The molecular weight excluding hydrogens is 410 g/mol. The number of thiophene rings is 1. The van der Waals surface area contributed by atoms with Crippen LogP contribution in [0.2, 0.25) is 0 Å². The Labute approximate surface area is 180 Å². The molecule has 1 aliphatic heterocycles. The maximum absolute atomic E-state index is 12.7. The van der Waals surface area contributed by atoms with Crippen molar-refractivity contribution in [1.29, 1.82) is 0 Å². The fourth-order valence-corrected chi connectivity index (χ4v) is 4.56. The van der Waals surface area contributed by atoms with Crippen LogP contribution in [-0.4, -0.2) is 68.5 Å². The zero-order valence-corrected chi connectivity index (χ0v) is 18.6. The standard InChI is InChI=1S/C20H29N3O6S/c1-5-28-19(26)13-8-7-9-23(10-13)11-14(24)22-18-15(20(27)29-6-2)12(3)16(30-18)17(25)21-4/h13H,5-11H2,1-4H3,(H,21,25)(H,22,24). The van der Waals surface area contributed by atoms with Gasteiger partial charge in [0.25, 0.3) is 5.91 Å². The molecule has 0 bridgehead atoms. The molecule has 10 heteroatoms. The van der Waals surface area contributed by atoms with E-state index in [2.05, 4.69) is 10.6 Å². The van der Waals surface area contributed by atoms with Crippen molar-refractivity contribution < 1.29 is 28.7 Å². The molecule has 0 aliphatic carbocycles. The monoisotopic (exact) mass is 439 g/mol. The maximum atomic E-state index is 12.7. The summed E-state index contributed by atoms with van der Waals surface area (Å²) < 4.78 is 10.2. The van der Waals surface area contributed by atoms with E-state index in [-0.39, 0.29) is 47.4 Å². The van der Waals surface area contributed by atoms with E-state index in [1.807, 2.05) is 4.90 Å². The number of carbonyl (C=O) groups excluding carboxylic acids is 4. The Morgan fingerprint density at radius 2 is 1.87 bits per heavy atom. The van der Waals surface area contributed by atoms with Crippen LogP contribution in [0.1, 0.15) is 52.3 Å². The van der Waals surface area contributed by atoms with Gasteiger partial charge in [-0.2, -0.15) is 0 Å². The van der Waals surface area contributed by atoms with Crippen molar-refractivity contribution in [2.75, 3.05) is 45.2 Å². The van der Waals surface area contributed by atoms with Crippen LogP contribution in [-0.2, 0) is 19.1 Å². The van der Waals surface area contributed by atoms with E-state index in [1.54, 1.807) is 20.8 Å². The molecule has 1 aromatic rings. The fraction of sp³-hybridized carbons (Fsp3) is 0.600. The van der Waals surface area contributed by atoms with E-state index in [0.717, 1.165) is 24.2 Å². The van der Waals surface area contributed by atoms with Crippen molar-refractivity contribution in [3.63, 3.8) is 0 Å². The van der Waals surface area contributed by atoms with Crippen LogP contribution in [0.5, 0.6) is 0 Å². The van der Waals surface area contributed by atoms with Gasteiger partial charge in [0.05, 0.1) is 36.1 Å². The first kappa shape index (κ1) is 23.8. The summed E-state index contributed by atoms with van der Waals surface area (Å²) >= 11 is 1.04. The lowest BCUT2D eigenvalue weighted by molar-refractivity contribution is -0.150. The Bertz CT molecular complexity index is 807. The van der Waals surface area contributed by atoms with Gasteiger partial charge < -0.3 is 20.1 Å². The first-order valence-electron chi connectivity index (χ1n) is 10.0. The number of piperidine rings is 1. The van der Waals surface area contributed by atoms with Gasteiger partial charge in [-0.1, -0.05) is 0 Å². The van der Waals surface area contributed by atoms with E-state index in [1.165, 1.54) is 7.05 Å². The van der Waals surface area contributed by atoms with Gasteiger partial charge in [0.15, 0.2) is 0 Å². The first-order valence-corrected chi connectivity index (χ1v) is 10.8. The quantitative estimate of drug-likeness (QED) is 0.594. The average molecular weight is 440 g/mol. The molecule has 0 aromatic carbocycles. The van der Waals surface area contributed by atoms with Crippen molar-refractivity contribution in [2.45, 2.75) is 33.6 Å². The van der Waals surface area contributed by atoms with Crippen LogP contribution in [0.3, 0.4) is 0 Å². The number of nitrogens with one attached hydrogen (secondary N) is 2. The summed E-state index contributed by atoms with van der Waals surface area (Å²) in [6.45, 7) is 6.83. The second-order valence-electron chi connectivity index (χ2n) is 6.93. The van der Waals surface area contributed by atoms with Crippen LogP contribution < -0.4 is 10.6 Å².